The van der Waals surface area contributed by atoms with Crippen molar-refractivity contribution in [2.45, 2.75) is 19.4 Å². The van der Waals surface area contributed by atoms with Crippen LogP contribution in [0.5, 0.6) is 5.88 Å². The first-order valence-corrected chi connectivity index (χ1v) is 14.0. The Bertz CT molecular complexity index is 1560. The molecule has 0 saturated carbocycles. The van der Waals surface area contributed by atoms with Crippen LogP contribution in [0.3, 0.4) is 0 Å². The second-order valence-electron chi connectivity index (χ2n) is 8.82. The molecule has 10 heteroatoms. The Kier molecular flexibility index (Phi) is 8.23. The molecule has 0 saturated heterocycles. The normalized spacial score (nSPS) is 14.7. The van der Waals surface area contributed by atoms with E-state index < -0.39 is 12.0 Å². The van der Waals surface area contributed by atoms with E-state index in [0.717, 1.165) is 22.4 Å². The van der Waals surface area contributed by atoms with Crippen molar-refractivity contribution in [3.05, 3.63) is 115 Å². The van der Waals surface area contributed by atoms with Gasteiger partial charge in [0.15, 0.2) is 0 Å². The maximum atomic E-state index is 13.4. The van der Waals surface area contributed by atoms with E-state index >= 15 is 0 Å². The van der Waals surface area contributed by atoms with Gasteiger partial charge in [-0.05, 0) is 77.9 Å². The first kappa shape index (κ1) is 27.2. The molecule has 2 aromatic heterocycles. The number of carbonyl (C=O) groups is 2. The Morgan fingerprint density at radius 1 is 1.03 bits per heavy atom. The molecular formula is C29H22Cl3N3O3S. The number of ether oxygens (including phenoxy) is 1. The fourth-order valence-electron chi connectivity index (χ4n) is 4.43. The Balaban J connectivity index is 1.29. The summed E-state index contributed by atoms with van der Waals surface area (Å²) in [6, 6.07) is 19.1. The van der Waals surface area contributed by atoms with Crippen LogP contribution in [-0.2, 0) is 11.2 Å². The van der Waals surface area contributed by atoms with Gasteiger partial charge in [0.1, 0.15) is 10.9 Å². The highest BCUT2D eigenvalue weighted by Crippen LogP contribution is 2.45. The van der Waals surface area contributed by atoms with Gasteiger partial charge in [0.05, 0.1) is 16.4 Å². The molecule has 3 heterocycles. The fraction of sp³-hybridized carbons (Fsp3) is 0.138. The number of thiophene rings is 1. The van der Waals surface area contributed by atoms with E-state index in [1.165, 1.54) is 11.3 Å². The average Bonchev–Trinajstić information content (AvgIpc) is 3.45. The molecule has 198 valence electrons. The lowest BCUT2D eigenvalue weighted by Gasteiger charge is -2.45. The summed E-state index contributed by atoms with van der Waals surface area (Å²) >= 11 is 20.1. The molecule has 1 aliphatic heterocycles. The van der Waals surface area contributed by atoms with Crippen LogP contribution in [0, 0.1) is 0 Å². The third-order valence-electron chi connectivity index (χ3n) is 6.25. The monoisotopic (exact) mass is 597 g/mol. The second kappa shape index (κ2) is 11.8. The quantitative estimate of drug-likeness (QED) is 0.216. The fourth-order valence-corrected chi connectivity index (χ4v) is 5.65. The van der Waals surface area contributed by atoms with Crippen LogP contribution in [0.4, 0.5) is 5.69 Å². The zero-order valence-electron chi connectivity index (χ0n) is 20.7. The molecule has 0 fully saturated rings. The highest BCUT2D eigenvalue weighted by Gasteiger charge is 2.42. The molecule has 0 radical (unpaired) electrons. The maximum absolute atomic E-state index is 13.4. The van der Waals surface area contributed by atoms with E-state index in [1.54, 1.807) is 36.5 Å². The molecule has 1 N–H and O–H groups in total. The van der Waals surface area contributed by atoms with Crippen molar-refractivity contribution >= 4 is 69.4 Å². The Morgan fingerprint density at radius 2 is 1.79 bits per heavy atom. The lowest BCUT2D eigenvalue weighted by molar-refractivity contribution is -0.121. The first-order chi connectivity index (χ1) is 18.8. The predicted molar refractivity (Wildman–Crippen MR) is 157 cm³/mol. The largest absolute Gasteiger partial charge is 0.403 e. The van der Waals surface area contributed by atoms with Gasteiger partial charge in [-0.2, -0.15) is 0 Å². The third kappa shape index (κ3) is 5.97. The molecule has 2 aromatic carbocycles. The number of anilines is 1. The topological polar surface area (TPSA) is 71.5 Å². The number of benzene rings is 2. The van der Waals surface area contributed by atoms with Gasteiger partial charge in [0, 0.05) is 28.9 Å². The summed E-state index contributed by atoms with van der Waals surface area (Å²) in [4.78, 5) is 32.2. The molecular weight excluding hydrogens is 577 g/mol. The molecule has 6 nitrogen and oxygen atoms in total. The number of hydrogen-bond acceptors (Lipinski definition) is 6. The number of pyridine rings is 1. The summed E-state index contributed by atoms with van der Waals surface area (Å²) < 4.78 is 5.38. The number of aromatic nitrogens is 1. The summed E-state index contributed by atoms with van der Waals surface area (Å²) in [6.45, 7) is 2.31. The van der Waals surface area contributed by atoms with Gasteiger partial charge in [0.2, 0.25) is 11.8 Å². The number of nitrogens with zero attached hydrogens (tertiary/aromatic N) is 2. The van der Waals surface area contributed by atoms with Crippen LogP contribution in [0.2, 0.25) is 15.1 Å². The zero-order chi connectivity index (χ0) is 27.5. The summed E-state index contributed by atoms with van der Waals surface area (Å²) in [5.74, 6) is -0.395. The van der Waals surface area contributed by atoms with Gasteiger partial charge >= 0.3 is 5.97 Å². The Labute approximate surface area is 244 Å². The molecule has 4 aromatic rings. The predicted octanol–water partition coefficient (Wildman–Crippen LogP) is 7.30. The summed E-state index contributed by atoms with van der Waals surface area (Å²) in [6.07, 6.45) is 2.11. The van der Waals surface area contributed by atoms with Crippen molar-refractivity contribution < 1.29 is 14.3 Å². The number of rotatable bonds is 8. The maximum Gasteiger partial charge on any atom is 0.355 e. The van der Waals surface area contributed by atoms with Crippen molar-refractivity contribution in [1.82, 2.24) is 10.3 Å². The van der Waals surface area contributed by atoms with Crippen molar-refractivity contribution in [1.29, 1.82) is 0 Å². The van der Waals surface area contributed by atoms with Crippen LogP contribution < -0.4 is 15.0 Å². The second-order valence-corrected chi connectivity index (χ2v) is 11.0. The summed E-state index contributed by atoms with van der Waals surface area (Å²) in [5, 5.41) is 6.42. The summed E-state index contributed by atoms with van der Waals surface area (Å²) in [7, 11) is 0. The Morgan fingerprint density at radius 3 is 2.51 bits per heavy atom. The van der Waals surface area contributed by atoms with E-state index in [1.807, 2.05) is 53.6 Å². The average molecular weight is 599 g/mol. The van der Waals surface area contributed by atoms with Crippen molar-refractivity contribution in [2.75, 3.05) is 11.4 Å². The molecule has 1 amide bonds. The SMILES string of the molecule is CC1=C(c2ccc(Cl)cc2)N(c2ccc(Cl)cc2Cl)C1C(=O)NCCc1ccnc(OC(=O)c2cccs2)c1. The van der Waals surface area contributed by atoms with Crippen molar-refractivity contribution in [3.63, 3.8) is 0 Å². The molecule has 1 aliphatic rings. The highest BCUT2D eigenvalue weighted by molar-refractivity contribution is 7.12. The van der Waals surface area contributed by atoms with Gasteiger partial charge in [-0.15, -0.1) is 11.3 Å². The lowest BCUT2D eigenvalue weighted by atomic mass is 9.88. The molecule has 1 unspecified atom stereocenters. The minimum Gasteiger partial charge on any atom is -0.403 e. The summed E-state index contributed by atoms with van der Waals surface area (Å²) in [5.41, 5.74) is 4.28. The number of esters is 1. The van der Waals surface area contributed by atoms with Gasteiger partial charge in [-0.3, -0.25) is 4.79 Å². The van der Waals surface area contributed by atoms with Gasteiger partial charge in [-0.1, -0.05) is 53.0 Å². The third-order valence-corrected chi connectivity index (χ3v) is 7.89. The number of hydrogen-bond donors (Lipinski definition) is 1. The van der Waals surface area contributed by atoms with E-state index in [0.29, 0.717) is 38.6 Å². The van der Waals surface area contributed by atoms with Crippen LogP contribution in [0.1, 0.15) is 27.7 Å². The van der Waals surface area contributed by atoms with Gasteiger partial charge < -0.3 is 15.0 Å². The minimum absolute atomic E-state index is 0.158. The minimum atomic E-state index is -0.547. The van der Waals surface area contributed by atoms with Crippen molar-refractivity contribution in [2.24, 2.45) is 0 Å². The Hall–Kier alpha value is -3.36. The molecule has 5 rings (SSSR count). The number of carbonyl (C=O) groups excluding carboxylic acids is 2. The molecule has 0 spiro atoms. The molecule has 0 bridgehead atoms. The lowest BCUT2D eigenvalue weighted by Crippen LogP contribution is -2.54. The van der Waals surface area contributed by atoms with Crippen molar-refractivity contribution in [3.8, 4) is 5.88 Å². The molecule has 1 atom stereocenters. The zero-order valence-corrected chi connectivity index (χ0v) is 23.7. The standard InChI is InChI=1S/C29H22Cl3N3O3S/c1-17-26(19-4-6-20(30)7-5-19)35(23-9-8-21(31)16-22(23)32)27(17)28(36)34-13-11-18-10-12-33-25(15-18)38-29(37)24-3-2-14-39-24/h2-10,12,14-16,27H,11,13H2,1H3,(H,34,36). The van der Waals surface area contributed by atoms with Gasteiger partial charge in [-0.25, -0.2) is 9.78 Å². The molecule has 0 aliphatic carbocycles. The van der Waals surface area contributed by atoms with Gasteiger partial charge in [0.25, 0.3) is 0 Å². The van der Waals surface area contributed by atoms with Crippen LogP contribution in [0.25, 0.3) is 5.70 Å². The van der Waals surface area contributed by atoms with Crippen LogP contribution >= 0.6 is 46.1 Å². The van der Waals surface area contributed by atoms with E-state index in [2.05, 4.69) is 10.3 Å². The van der Waals surface area contributed by atoms with E-state index in [-0.39, 0.29) is 11.8 Å². The van der Waals surface area contributed by atoms with Crippen LogP contribution in [-0.4, -0.2) is 29.4 Å². The van der Waals surface area contributed by atoms with E-state index in [4.69, 9.17) is 39.5 Å². The van der Waals surface area contributed by atoms with Crippen LogP contribution in [0.15, 0.2) is 83.9 Å². The smallest absolute Gasteiger partial charge is 0.355 e. The number of nitrogens with one attached hydrogen (secondary N) is 1. The first-order valence-electron chi connectivity index (χ1n) is 12.0. The molecule has 39 heavy (non-hydrogen) atoms. The van der Waals surface area contributed by atoms with E-state index in [9.17, 15) is 9.59 Å². The highest BCUT2D eigenvalue weighted by atomic mass is 35.5. The number of amides is 1. The number of halogens is 3.